The van der Waals surface area contributed by atoms with E-state index in [2.05, 4.69) is 10.1 Å². The van der Waals surface area contributed by atoms with Crippen molar-refractivity contribution in [3.8, 4) is 11.4 Å². The number of alkyl halides is 3. The minimum atomic E-state index is -4.46. The van der Waals surface area contributed by atoms with Crippen LogP contribution in [-0.4, -0.2) is 49.2 Å². The van der Waals surface area contributed by atoms with Crippen molar-refractivity contribution < 1.29 is 27.4 Å². The Labute approximate surface area is 221 Å². The lowest BCUT2D eigenvalue weighted by Gasteiger charge is -2.16. The number of fused-ring (bicyclic) bond motifs is 1. The molecule has 39 heavy (non-hydrogen) atoms. The maximum atomic E-state index is 13.5. The van der Waals surface area contributed by atoms with Gasteiger partial charge in [-0.2, -0.15) is 18.3 Å². The molecule has 11 nitrogen and oxygen atoms in total. The summed E-state index contributed by atoms with van der Waals surface area (Å²) < 4.78 is 60.8. The van der Waals surface area contributed by atoms with E-state index >= 15 is 0 Å². The number of rotatable bonds is 11. The third kappa shape index (κ3) is 5.67. The van der Waals surface area contributed by atoms with E-state index in [1.54, 1.807) is 19.2 Å². The number of aryl methyl sites for hydroxylation is 1. The highest BCUT2D eigenvalue weighted by Crippen LogP contribution is 2.30. The van der Waals surface area contributed by atoms with E-state index in [1.165, 1.54) is 40.3 Å². The molecular weight excluding hydrogens is 521 g/mol. The van der Waals surface area contributed by atoms with Gasteiger partial charge in [0.1, 0.15) is 12.6 Å². The first-order chi connectivity index (χ1) is 18.6. The predicted molar refractivity (Wildman–Crippen MR) is 135 cm³/mol. The monoisotopic (exact) mass is 550 g/mol. The minimum absolute atomic E-state index is 0.0685. The number of hydrogen-bond acceptors (Lipinski definition) is 7. The Morgan fingerprint density at radius 2 is 1.79 bits per heavy atom. The molecule has 0 aliphatic rings. The summed E-state index contributed by atoms with van der Waals surface area (Å²) in [5.74, 6) is 0.277. The number of ether oxygens (including phenoxy) is 3. The third-order valence-corrected chi connectivity index (χ3v) is 6.09. The van der Waals surface area contributed by atoms with E-state index in [1.807, 2.05) is 6.92 Å². The molecule has 3 heterocycles. The van der Waals surface area contributed by atoms with Gasteiger partial charge in [-0.3, -0.25) is 23.2 Å². The molecule has 0 fully saturated rings. The number of methoxy groups -OCH3 is 2. The highest BCUT2D eigenvalue weighted by molar-refractivity contribution is 5.76. The standard InChI is InChI=1S/C25H29F3N6O5/c1-5-10-33-22(35)19-21(32(6-2)23(33)36)30-20(34(19)15-39-24(37-3)38-4)17-12-29-31(14-17)13-16-8-7-9-18(11-16)25(26,27)28/h7-9,11-12,14,24H,5-6,10,13,15H2,1-4H3. The van der Waals surface area contributed by atoms with Crippen LogP contribution >= 0.6 is 0 Å². The summed E-state index contributed by atoms with van der Waals surface area (Å²) in [6, 6.07) is 4.99. The highest BCUT2D eigenvalue weighted by atomic mass is 19.4. The van der Waals surface area contributed by atoms with Crippen molar-refractivity contribution in [1.29, 1.82) is 0 Å². The van der Waals surface area contributed by atoms with Crippen LogP contribution in [0.4, 0.5) is 13.2 Å². The first kappa shape index (κ1) is 28.3. The van der Waals surface area contributed by atoms with Crippen LogP contribution in [0.15, 0.2) is 46.2 Å². The Hall–Kier alpha value is -3.75. The molecule has 0 spiro atoms. The molecule has 0 radical (unpaired) electrons. The number of halogens is 3. The van der Waals surface area contributed by atoms with Gasteiger partial charge in [0.25, 0.3) is 12.0 Å². The fraction of sp³-hybridized carbons (Fsp3) is 0.440. The van der Waals surface area contributed by atoms with Crippen molar-refractivity contribution in [1.82, 2.24) is 28.5 Å². The fourth-order valence-electron chi connectivity index (χ4n) is 4.31. The molecule has 14 heteroatoms. The maximum absolute atomic E-state index is 13.5. The van der Waals surface area contributed by atoms with Crippen LogP contribution in [0.3, 0.4) is 0 Å². The average molecular weight is 551 g/mol. The molecule has 210 valence electrons. The second-order valence-electron chi connectivity index (χ2n) is 8.70. The molecule has 0 N–H and O–H groups in total. The molecule has 0 saturated heterocycles. The van der Waals surface area contributed by atoms with Crippen molar-refractivity contribution >= 4 is 11.2 Å². The van der Waals surface area contributed by atoms with Crippen LogP contribution in [0.1, 0.15) is 31.4 Å². The zero-order valence-electron chi connectivity index (χ0n) is 21.9. The zero-order chi connectivity index (χ0) is 28.3. The minimum Gasteiger partial charge on any atom is -0.333 e. The van der Waals surface area contributed by atoms with E-state index < -0.39 is 29.5 Å². The van der Waals surface area contributed by atoms with Gasteiger partial charge in [-0.25, -0.2) is 9.78 Å². The second-order valence-corrected chi connectivity index (χ2v) is 8.70. The SMILES string of the molecule is CCCn1c(=O)c2c(nc(-c3cnn(Cc4cccc(C(F)(F)F)c4)c3)n2COC(OC)OC)n(CC)c1=O. The second kappa shape index (κ2) is 11.6. The van der Waals surface area contributed by atoms with Crippen molar-refractivity contribution in [2.24, 2.45) is 0 Å². The molecule has 0 aliphatic heterocycles. The predicted octanol–water partition coefficient (Wildman–Crippen LogP) is 3.27. The summed E-state index contributed by atoms with van der Waals surface area (Å²) in [5, 5.41) is 4.29. The van der Waals surface area contributed by atoms with Gasteiger partial charge in [0.15, 0.2) is 11.2 Å². The first-order valence-corrected chi connectivity index (χ1v) is 12.2. The maximum Gasteiger partial charge on any atom is 0.416 e. The van der Waals surface area contributed by atoms with Crippen LogP contribution in [-0.2, 0) is 46.8 Å². The smallest absolute Gasteiger partial charge is 0.333 e. The van der Waals surface area contributed by atoms with Gasteiger partial charge in [-0.1, -0.05) is 19.1 Å². The Kier molecular flexibility index (Phi) is 8.37. The van der Waals surface area contributed by atoms with E-state index in [4.69, 9.17) is 14.2 Å². The molecule has 0 aliphatic carbocycles. The van der Waals surface area contributed by atoms with E-state index in [9.17, 15) is 22.8 Å². The Morgan fingerprint density at radius 3 is 2.44 bits per heavy atom. The zero-order valence-corrected chi connectivity index (χ0v) is 21.9. The molecule has 4 rings (SSSR count). The lowest BCUT2D eigenvalue weighted by atomic mass is 10.1. The van der Waals surface area contributed by atoms with E-state index in [0.29, 0.717) is 17.5 Å². The molecule has 0 saturated carbocycles. The quantitative estimate of drug-likeness (QED) is 0.264. The van der Waals surface area contributed by atoms with E-state index in [0.717, 1.165) is 16.7 Å². The van der Waals surface area contributed by atoms with Crippen LogP contribution in [0.2, 0.25) is 0 Å². The average Bonchev–Trinajstić information content (AvgIpc) is 3.52. The summed E-state index contributed by atoms with van der Waals surface area (Å²) in [4.78, 5) is 31.2. The normalized spacial score (nSPS) is 12.2. The molecule has 1 aromatic carbocycles. The molecule has 4 aromatic rings. The van der Waals surface area contributed by atoms with Gasteiger partial charge in [-0.05, 0) is 31.0 Å². The number of aromatic nitrogens is 6. The van der Waals surface area contributed by atoms with Crippen LogP contribution in [0, 0.1) is 0 Å². The molecule has 0 unspecified atom stereocenters. The Balaban J connectivity index is 1.83. The largest absolute Gasteiger partial charge is 0.416 e. The van der Waals surface area contributed by atoms with Crippen LogP contribution in [0.25, 0.3) is 22.6 Å². The molecule has 0 amide bonds. The van der Waals surface area contributed by atoms with Gasteiger partial charge in [-0.15, -0.1) is 0 Å². The third-order valence-electron chi connectivity index (χ3n) is 6.09. The summed E-state index contributed by atoms with van der Waals surface area (Å²) in [7, 11) is 2.78. The van der Waals surface area contributed by atoms with Crippen molar-refractivity contribution in [3.63, 3.8) is 0 Å². The van der Waals surface area contributed by atoms with Gasteiger partial charge >= 0.3 is 11.9 Å². The van der Waals surface area contributed by atoms with Gasteiger partial charge < -0.3 is 14.2 Å². The van der Waals surface area contributed by atoms with Gasteiger partial charge in [0, 0.05) is 33.5 Å². The Bertz CT molecular complexity index is 1570. The number of hydrogen-bond donors (Lipinski definition) is 0. The molecular formula is C25H29F3N6O5. The molecule has 3 aromatic heterocycles. The highest BCUT2D eigenvalue weighted by Gasteiger charge is 2.30. The van der Waals surface area contributed by atoms with Crippen molar-refractivity contribution in [3.05, 3.63) is 68.6 Å². The number of benzene rings is 1. The van der Waals surface area contributed by atoms with Gasteiger partial charge in [0.2, 0.25) is 0 Å². The molecule has 0 atom stereocenters. The van der Waals surface area contributed by atoms with Crippen LogP contribution < -0.4 is 11.2 Å². The van der Waals surface area contributed by atoms with Crippen molar-refractivity contribution in [2.75, 3.05) is 14.2 Å². The summed E-state index contributed by atoms with van der Waals surface area (Å²) in [6.07, 6.45) is -0.812. The van der Waals surface area contributed by atoms with Crippen molar-refractivity contribution in [2.45, 2.75) is 59.3 Å². The lowest BCUT2D eigenvalue weighted by Crippen LogP contribution is -2.40. The number of imidazole rings is 1. The summed E-state index contributed by atoms with van der Waals surface area (Å²) >= 11 is 0. The molecule has 0 bridgehead atoms. The Morgan fingerprint density at radius 1 is 1.05 bits per heavy atom. The lowest BCUT2D eigenvalue weighted by molar-refractivity contribution is -0.278. The van der Waals surface area contributed by atoms with Gasteiger partial charge in [0.05, 0.1) is 23.9 Å². The summed E-state index contributed by atoms with van der Waals surface area (Å²) in [6.45, 7) is 2.95. The van der Waals surface area contributed by atoms with E-state index in [-0.39, 0.29) is 43.4 Å². The number of nitrogens with zero attached hydrogens (tertiary/aromatic N) is 6. The van der Waals surface area contributed by atoms with Crippen LogP contribution in [0.5, 0.6) is 0 Å². The fourth-order valence-corrected chi connectivity index (χ4v) is 4.31. The first-order valence-electron chi connectivity index (χ1n) is 12.2. The summed E-state index contributed by atoms with van der Waals surface area (Å²) in [5.41, 5.74) is -0.552. The topological polar surface area (TPSA) is 107 Å².